The maximum absolute atomic E-state index is 12.5. The molecular formula is C13H5BrClF3INO. The second kappa shape index (κ2) is 6.21. The summed E-state index contributed by atoms with van der Waals surface area (Å²) in [5.74, 6) is -0.494. The van der Waals surface area contributed by atoms with Crippen molar-refractivity contribution >= 4 is 55.9 Å². The molecule has 1 aromatic heterocycles. The second-order valence-electron chi connectivity index (χ2n) is 3.99. The van der Waals surface area contributed by atoms with Crippen LogP contribution in [0.1, 0.15) is 21.6 Å². The Labute approximate surface area is 145 Å². The first-order valence-electron chi connectivity index (χ1n) is 5.43. The highest BCUT2D eigenvalue weighted by atomic mass is 127. The van der Waals surface area contributed by atoms with Crippen molar-refractivity contribution in [2.75, 3.05) is 0 Å². The summed E-state index contributed by atoms with van der Waals surface area (Å²) in [6.07, 6.45) is -4.60. The minimum absolute atomic E-state index is 0.0765. The normalized spacial score (nSPS) is 11.5. The fourth-order valence-corrected chi connectivity index (χ4v) is 2.74. The fraction of sp³-hybridized carbons (Fsp3) is 0.0769. The van der Waals surface area contributed by atoms with E-state index < -0.39 is 22.8 Å². The van der Waals surface area contributed by atoms with E-state index in [-0.39, 0.29) is 5.56 Å². The van der Waals surface area contributed by atoms with E-state index in [2.05, 4.69) is 20.9 Å². The standard InChI is InChI=1S/C13H5BrClF3INO/c14-9-3-1-6(19)5-8(9)11(21)7-2-4-10(13(16,17)18)20-12(7)15/h1-5H. The lowest BCUT2D eigenvalue weighted by atomic mass is 10.0. The van der Waals surface area contributed by atoms with Crippen molar-refractivity contribution in [1.29, 1.82) is 0 Å². The third kappa shape index (κ3) is 3.75. The van der Waals surface area contributed by atoms with E-state index in [9.17, 15) is 18.0 Å². The van der Waals surface area contributed by atoms with Gasteiger partial charge in [-0.3, -0.25) is 4.79 Å². The van der Waals surface area contributed by atoms with E-state index in [1.54, 1.807) is 18.2 Å². The number of carbonyl (C=O) groups is 1. The maximum atomic E-state index is 12.5. The zero-order valence-electron chi connectivity index (χ0n) is 10.0. The van der Waals surface area contributed by atoms with Crippen molar-refractivity contribution in [1.82, 2.24) is 4.98 Å². The highest BCUT2D eigenvalue weighted by Crippen LogP contribution is 2.31. The molecule has 0 saturated carbocycles. The third-order valence-corrected chi connectivity index (χ3v) is 4.21. The number of halogens is 6. The van der Waals surface area contributed by atoms with Crippen LogP contribution in [0.5, 0.6) is 0 Å². The smallest absolute Gasteiger partial charge is 0.288 e. The summed E-state index contributed by atoms with van der Waals surface area (Å²) in [7, 11) is 0. The van der Waals surface area contributed by atoms with Gasteiger partial charge in [-0.05, 0) is 52.9 Å². The van der Waals surface area contributed by atoms with Crippen LogP contribution in [-0.2, 0) is 6.18 Å². The molecular weight excluding hydrogens is 485 g/mol. The topological polar surface area (TPSA) is 30.0 Å². The lowest BCUT2D eigenvalue weighted by Gasteiger charge is -2.09. The largest absolute Gasteiger partial charge is 0.433 e. The van der Waals surface area contributed by atoms with Gasteiger partial charge in [0.1, 0.15) is 10.8 Å². The molecule has 0 unspecified atom stereocenters. The molecule has 21 heavy (non-hydrogen) atoms. The molecule has 0 aliphatic heterocycles. The SMILES string of the molecule is O=C(c1cc(I)ccc1Br)c1ccc(C(F)(F)F)nc1Cl. The minimum Gasteiger partial charge on any atom is -0.288 e. The van der Waals surface area contributed by atoms with Gasteiger partial charge >= 0.3 is 6.18 Å². The molecule has 0 atom stereocenters. The average molecular weight is 490 g/mol. The number of benzene rings is 1. The Hall–Kier alpha value is -0.670. The number of ketones is 1. The predicted molar refractivity (Wildman–Crippen MR) is 84.5 cm³/mol. The number of nitrogens with zero attached hydrogens (tertiary/aromatic N) is 1. The number of aromatic nitrogens is 1. The van der Waals surface area contributed by atoms with Crippen LogP contribution in [0, 0.1) is 3.57 Å². The van der Waals surface area contributed by atoms with Crippen molar-refractivity contribution in [2.24, 2.45) is 0 Å². The molecule has 2 nitrogen and oxygen atoms in total. The molecule has 110 valence electrons. The molecule has 2 aromatic rings. The van der Waals surface area contributed by atoms with Crippen LogP contribution in [0.15, 0.2) is 34.8 Å². The lowest BCUT2D eigenvalue weighted by Crippen LogP contribution is -2.11. The van der Waals surface area contributed by atoms with Crippen molar-refractivity contribution in [3.8, 4) is 0 Å². The molecule has 1 aromatic carbocycles. The van der Waals surface area contributed by atoms with Gasteiger partial charge in [-0.1, -0.05) is 27.5 Å². The number of carbonyl (C=O) groups excluding carboxylic acids is 1. The van der Waals surface area contributed by atoms with Gasteiger partial charge in [-0.2, -0.15) is 13.2 Å². The quantitative estimate of drug-likeness (QED) is 0.323. The van der Waals surface area contributed by atoms with E-state index in [1.165, 1.54) is 0 Å². The molecule has 0 bridgehead atoms. The van der Waals surface area contributed by atoms with Gasteiger partial charge in [0, 0.05) is 13.6 Å². The number of pyridine rings is 1. The minimum atomic E-state index is -4.60. The first kappa shape index (κ1) is 16.7. The van der Waals surface area contributed by atoms with Gasteiger partial charge < -0.3 is 0 Å². The van der Waals surface area contributed by atoms with Gasteiger partial charge in [-0.25, -0.2) is 4.98 Å². The van der Waals surface area contributed by atoms with Gasteiger partial charge in [0.25, 0.3) is 0 Å². The van der Waals surface area contributed by atoms with Gasteiger partial charge in [0.15, 0.2) is 5.78 Å². The van der Waals surface area contributed by atoms with Crippen LogP contribution >= 0.6 is 50.1 Å². The zero-order valence-corrected chi connectivity index (χ0v) is 14.5. The van der Waals surface area contributed by atoms with Crippen LogP contribution in [0.3, 0.4) is 0 Å². The van der Waals surface area contributed by atoms with Crippen molar-refractivity contribution < 1.29 is 18.0 Å². The van der Waals surface area contributed by atoms with E-state index in [0.29, 0.717) is 10.0 Å². The van der Waals surface area contributed by atoms with Crippen molar-refractivity contribution in [2.45, 2.75) is 6.18 Å². The molecule has 0 amide bonds. The van der Waals surface area contributed by atoms with Crippen LogP contribution in [-0.4, -0.2) is 10.8 Å². The highest BCUT2D eigenvalue weighted by molar-refractivity contribution is 14.1. The molecule has 0 fully saturated rings. The summed E-state index contributed by atoms with van der Waals surface area (Å²) in [5.41, 5.74) is -0.900. The summed E-state index contributed by atoms with van der Waals surface area (Å²) in [4.78, 5) is 15.6. The Morgan fingerprint density at radius 3 is 2.43 bits per heavy atom. The maximum Gasteiger partial charge on any atom is 0.433 e. The molecule has 8 heteroatoms. The van der Waals surface area contributed by atoms with E-state index in [1.807, 2.05) is 22.6 Å². The van der Waals surface area contributed by atoms with E-state index in [0.717, 1.165) is 15.7 Å². The second-order valence-corrected chi connectivity index (χ2v) is 6.44. The van der Waals surface area contributed by atoms with E-state index in [4.69, 9.17) is 11.6 Å². The van der Waals surface area contributed by atoms with Crippen molar-refractivity contribution in [3.63, 3.8) is 0 Å². The van der Waals surface area contributed by atoms with Crippen LogP contribution in [0.25, 0.3) is 0 Å². The average Bonchev–Trinajstić information content (AvgIpc) is 2.39. The Morgan fingerprint density at radius 1 is 1.19 bits per heavy atom. The van der Waals surface area contributed by atoms with Crippen molar-refractivity contribution in [3.05, 3.63) is 60.3 Å². The van der Waals surface area contributed by atoms with Gasteiger partial charge in [0.2, 0.25) is 0 Å². The van der Waals surface area contributed by atoms with E-state index >= 15 is 0 Å². The monoisotopic (exact) mass is 489 g/mol. The first-order valence-corrected chi connectivity index (χ1v) is 7.68. The van der Waals surface area contributed by atoms with Crippen LogP contribution in [0.2, 0.25) is 5.15 Å². The summed E-state index contributed by atoms with van der Waals surface area (Å²) in [6.45, 7) is 0. The molecule has 0 spiro atoms. The zero-order chi connectivity index (χ0) is 15.8. The number of rotatable bonds is 2. The number of hydrogen-bond donors (Lipinski definition) is 0. The highest BCUT2D eigenvalue weighted by Gasteiger charge is 2.33. The van der Waals surface area contributed by atoms with Gasteiger partial charge in [0.05, 0.1) is 5.56 Å². The van der Waals surface area contributed by atoms with Crippen LogP contribution < -0.4 is 0 Å². The lowest BCUT2D eigenvalue weighted by molar-refractivity contribution is -0.141. The first-order chi connectivity index (χ1) is 9.70. The molecule has 0 radical (unpaired) electrons. The molecule has 0 aliphatic carbocycles. The summed E-state index contributed by atoms with van der Waals surface area (Å²) in [5, 5.41) is -0.472. The molecule has 0 saturated heterocycles. The summed E-state index contributed by atoms with van der Waals surface area (Å²) >= 11 is 11.0. The number of hydrogen-bond acceptors (Lipinski definition) is 2. The Morgan fingerprint density at radius 2 is 1.86 bits per heavy atom. The molecule has 1 heterocycles. The Balaban J connectivity index is 2.47. The number of alkyl halides is 3. The Kier molecular flexibility index (Phi) is 4.94. The van der Waals surface area contributed by atoms with Gasteiger partial charge in [-0.15, -0.1) is 0 Å². The third-order valence-electron chi connectivity index (χ3n) is 2.56. The molecule has 0 N–H and O–H groups in total. The summed E-state index contributed by atoms with van der Waals surface area (Å²) in [6, 6.07) is 6.85. The summed E-state index contributed by atoms with van der Waals surface area (Å²) < 4.78 is 38.9. The molecule has 2 rings (SSSR count). The predicted octanol–water partition coefficient (Wildman–Crippen LogP) is 5.35. The molecule has 0 aliphatic rings. The fourth-order valence-electron chi connectivity index (χ4n) is 1.58. The Bertz CT molecular complexity index is 721. The van der Waals surface area contributed by atoms with Crippen LogP contribution in [0.4, 0.5) is 13.2 Å².